The number of anilines is 1. The Morgan fingerprint density at radius 1 is 0.967 bits per heavy atom. The van der Waals surface area contributed by atoms with Crippen molar-refractivity contribution in [3.8, 4) is 0 Å². The van der Waals surface area contributed by atoms with Crippen LogP contribution in [0.15, 0.2) is 77.7 Å². The Bertz CT molecular complexity index is 1130. The monoisotopic (exact) mass is 553 g/mol. The van der Waals surface area contributed by atoms with Gasteiger partial charge in [-0.15, -0.1) is 0 Å². The number of halogens is 2. The number of carbonyl (C=O) groups excluding carboxylic acids is 1. The Kier molecular flexibility index (Phi) is 7.55. The van der Waals surface area contributed by atoms with Crippen LogP contribution < -0.4 is 4.31 Å². The van der Waals surface area contributed by atoms with Crippen LogP contribution in [0.25, 0.3) is 0 Å². The summed E-state index contributed by atoms with van der Waals surface area (Å²) < 4.78 is 28.5. The Balaban J connectivity index is 2.10. The van der Waals surface area contributed by atoms with E-state index in [-0.39, 0.29) is 4.90 Å². The van der Waals surface area contributed by atoms with Crippen molar-refractivity contribution >= 4 is 55.8 Å². The van der Waals surface area contributed by atoms with Crippen molar-refractivity contribution in [2.45, 2.75) is 31.1 Å². The molecule has 0 radical (unpaired) electrons. The Hall–Kier alpha value is -1.90. The number of hydrogen-bond acceptors (Lipinski definition) is 3. The first kappa shape index (κ1) is 22.8. The van der Waals surface area contributed by atoms with E-state index in [0.717, 1.165) is 29.1 Å². The molecule has 0 saturated carbocycles. The molecule has 0 heterocycles. The molecule has 4 nitrogen and oxygen atoms in total. The lowest BCUT2D eigenvalue weighted by Crippen LogP contribution is -2.37. The van der Waals surface area contributed by atoms with Crippen LogP contribution >= 0.6 is 34.2 Å². The number of amides is 1. The van der Waals surface area contributed by atoms with Gasteiger partial charge in [0.05, 0.1) is 16.1 Å². The molecule has 0 fully saturated rings. The zero-order valence-corrected chi connectivity index (χ0v) is 20.1. The highest BCUT2D eigenvalue weighted by Gasteiger charge is 2.32. The molecule has 0 aliphatic heterocycles. The van der Waals surface area contributed by atoms with Crippen molar-refractivity contribution in [1.29, 1.82) is 0 Å². The second-order valence-electron chi connectivity index (χ2n) is 6.78. The van der Waals surface area contributed by atoms with E-state index in [2.05, 4.69) is 6.92 Å². The molecule has 7 heteroatoms. The van der Waals surface area contributed by atoms with E-state index in [1.807, 2.05) is 34.7 Å². The first-order valence-electron chi connectivity index (χ1n) is 9.53. The van der Waals surface area contributed by atoms with Gasteiger partial charge in [0, 0.05) is 8.59 Å². The van der Waals surface area contributed by atoms with Crippen LogP contribution in [0.4, 0.5) is 5.69 Å². The maximum atomic E-state index is 13.5. The van der Waals surface area contributed by atoms with Crippen molar-refractivity contribution in [2.24, 2.45) is 0 Å². The molecule has 30 heavy (non-hydrogen) atoms. The van der Waals surface area contributed by atoms with Crippen molar-refractivity contribution in [3.63, 3.8) is 0 Å². The first-order chi connectivity index (χ1) is 14.3. The predicted molar refractivity (Wildman–Crippen MR) is 130 cm³/mol. The van der Waals surface area contributed by atoms with Gasteiger partial charge in [-0.1, -0.05) is 49.2 Å². The van der Waals surface area contributed by atoms with E-state index >= 15 is 0 Å². The van der Waals surface area contributed by atoms with Crippen LogP contribution in [-0.4, -0.2) is 14.3 Å². The lowest BCUT2D eigenvalue weighted by Gasteiger charge is -2.23. The van der Waals surface area contributed by atoms with E-state index in [0.29, 0.717) is 19.8 Å². The van der Waals surface area contributed by atoms with E-state index in [4.69, 9.17) is 11.6 Å². The Morgan fingerprint density at radius 3 is 2.20 bits per heavy atom. The van der Waals surface area contributed by atoms with Crippen molar-refractivity contribution in [3.05, 3.63) is 92.5 Å². The number of carbonyl (C=O) groups is 1. The van der Waals surface area contributed by atoms with Crippen LogP contribution in [0.1, 0.15) is 35.7 Å². The van der Waals surface area contributed by atoms with Crippen molar-refractivity contribution in [1.82, 2.24) is 0 Å². The summed E-state index contributed by atoms with van der Waals surface area (Å²) in [6.45, 7) is 2.12. The summed E-state index contributed by atoms with van der Waals surface area (Å²) in [5.74, 6) is -0.601. The number of unbranched alkanes of at least 4 members (excludes halogenated alkanes) is 1. The highest BCUT2D eigenvalue weighted by Crippen LogP contribution is 2.28. The molecule has 3 aromatic rings. The fraction of sp³-hybridized carbons (Fsp3) is 0.174. The van der Waals surface area contributed by atoms with Gasteiger partial charge in [0.1, 0.15) is 0 Å². The van der Waals surface area contributed by atoms with Crippen molar-refractivity contribution < 1.29 is 13.2 Å². The second-order valence-corrected chi connectivity index (χ2v) is 10.2. The standard InChI is InChI=1S/C23H21ClINO3S/c1-2-3-6-17-9-13-19(14-10-17)26(23(27)21-7-4-5-8-22(21)25)30(28,29)20-15-11-18(24)12-16-20/h4-5,7-16H,2-3,6H2,1H3. The maximum Gasteiger partial charge on any atom is 0.273 e. The lowest BCUT2D eigenvalue weighted by atomic mass is 10.1. The van der Waals surface area contributed by atoms with E-state index in [1.54, 1.807) is 36.4 Å². The van der Waals surface area contributed by atoms with Gasteiger partial charge in [-0.05, 0) is 89.5 Å². The normalized spacial score (nSPS) is 11.3. The van der Waals surface area contributed by atoms with E-state index in [1.165, 1.54) is 24.3 Å². The molecule has 3 aromatic carbocycles. The zero-order valence-electron chi connectivity index (χ0n) is 16.4. The fourth-order valence-corrected chi connectivity index (χ4v) is 5.15. The van der Waals surface area contributed by atoms with Crippen LogP contribution in [0.2, 0.25) is 5.02 Å². The average molecular weight is 554 g/mol. The van der Waals surface area contributed by atoms with Crippen LogP contribution in [-0.2, 0) is 16.4 Å². The molecule has 0 unspecified atom stereocenters. The number of sulfonamides is 1. The number of hydrogen-bond donors (Lipinski definition) is 0. The molecule has 0 aromatic heterocycles. The van der Waals surface area contributed by atoms with Gasteiger partial charge >= 0.3 is 0 Å². The van der Waals surface area contributed by atoms with Gasteiger partial charge in [0.2, 0.25) is 0 Å². The average Bonchev–Trinajstić information content (AvgIpc) is 2.73. The summed E-state index contributed by atoms with van der Waals surface area (Å²) >= 11 is 7.96. The van der Waals surface area contributed by atoms with Crippen LogP contribution in [0, 0.1) is 3.57 Å². The topological polar surface area (TPSA) is 54.5 Å². The first-order valence-corrected chi connectivity index (χ1v) is 12.4. The van der Waals surface area contributed by atoms with Gasteiger partial charge < -0.3 is 0 Å². The third-order valence-electron chi connectivity index (χ3n) is 4.63. The quantitative estimate of drug-likeness (QED) is 0.322. The zero-order chi connectivity index (χ0) is 21.7. The minimum absolute atomic E-state index is 0.00116. The number of benzene rings is 3. The molecule has 0 aliphatic rings. The molecule has 0 atom stereocenters. The maximum absolute atomic E-state index is 13.5. The van der Waals surface area contributed by atoms with Crippen LogP contribution in [0.5, 0.6) is 0 Å². The van der Waals surface area contributed by atoms with Crippen molar-refractivity contribution in [2.75, 3.05) is 4.31 Å². The number of nitrogens with zero attached hydrogens (tertiary/aromatic N) is 1. The molecule has 3 rings (SSSR count). The molecule has 0 spiro atoms. The molecular formula is C23H21ClINO3S. The molecule has 1 amide bonds. The summed E-state index contributed by atoms with van der Waals surface area (Å²) in [4.78, 5) is 13.4. The number of rotatable bonds is 7. The molecule has 0 saturated heterocycles. The van der Waals surface area contributed by atoms with E-state index < -0.39 is 15.9 Å². The summed E-state index contributed by atoms with van der Waals surface area (Å²) in [7, 11) is -4.14. The molecule has 0 N–H and O–H groups in total. The Morgan fingerprint density at radius 2 is 1.60 bits per heavy atom. The third-order valence-corrected chi connectivity index (χ3v) is 7.55. The third kappa shape index (κ3) is 5.04. The summed E-state index contributed by atoms with van der Waals surface area (Å²) in [6.07, 6.45) is 3.03. The van der Waals surface area contributed by atoms with Crippen LogP contribution in [0.3, 0.4) is 0 Å². The lowest BCUT2D eigenvalue weighted by molar-refractivity contribution is 0.100. The molecular weight excluding hydrogens is 533 g/mol. The van der Waals surface area contributed by atoms with Gasteiger partial charge in [-0.3, -0.25) is 4.79 Å². The fourth-order valence-electron chi connectivity index (χ4n) is 3.00. The molecule has 0 bridgehead atoms. The predicted octanol–water partition coefficient (Wildman–Crippen LogP) is 6.32. The summed E-state index contributed by atoms with van der Waals surface area (Å²) in [6, 6.07) is 19.9. The highest BCUT2D eigenvalue weighted by atomic mass is 127. The molecule has 0 aliphatic carbocycles. The van der Waals surface area contributed by atoms with Gasteiger partial charge in [-0.25, -0.2) is 8.42 Å². The van der Waals surface area contributed by atoms with Gasteiger partial charge in [0.25, 0.3) is 15.9 Å². The largest absolute Gasteiger partial charge is 0.273 e. The smallest absolute Gasteiger partial charge is 0.268 e. The minimum atomic E-state index is -4.14. The highest BCUT2D eigenvalue weighted by molar-refractivity contribution is 14.1. The van der Waals surface area contributed by atoms with Gasteiger partial charge in [0.15, 0.2) is 0 Å². The Labute approximate surface area is 196 Å². The SMILES string of the molecule is CCCCc1ccc(N(C(=O)c2ccccc2I)S(=O)(=O)c2ccc(Cl)cc2)cc1. The summed E-state index contributed by atoms with van der Waals surface area (Å²) in [5.41, 5.74) is 1.73. The summed E-state index contributed by atoms with van der Waals surface area (Å²) in [5, 5.41) is 0.421. The van der Waals surface area contributed by atoms with Gasteiger partial charge in [-0.2, -0.15) is 4.31 Å². The number of aryl methyl sites for hydroxylation is 1. The molecule has 156 valence electrons. The van der Waals surface area contributed by atoms with E-state index in [9.17, 15) is 13.2 Å². The minimum Gasteiger partial charge on any atom is -0.268 e. The second kappa shape index (κ2) is 9.94.